The quantitative estimate of drug-likeness (QED) is 0.537. The number of imidazole rings is 1. The van der Waals surface area contributed by atoms with Crippen LogP contribution in [-0.4, -0.2) is 22.0 Å². The van der Waals surface area contributed by atoms with E-state index in [1.807, 2.05) is 30.3 Å². The van der Waals surface area contributed by atoms with Crippen molar-refractivity contribution in [2.45, 2.75) is 0 Å². The molecule has 124 valence electrons. The van der Waals surface area contributed by atoms with Gasteiger partial charge in [0.2, 0.25) is 0 Å². The highest BCUT2D eigenvalue weighted by Gasteiger charge is 2.10. The zero-order valence-electron chi connectivity index (χ0n) is 12.8. The number of fused-ring (bicyclic) bond motifs is 3. The molecule has 6 nitrogen and oxygen atoms in total. The second kappa shape index (κ2) is 6.03. The van der Waals surface area contributed by atoms with Gasteiger partial charge in [-0.05, 0) is 35.9 Å². The molecule has 0 aliphatic rings. The van der Waals surface area contributed by atoms with Gasteiger partial charge in [-0.15, -0.1) is 0 Å². The third kappa shape index (κ3) is 2.85. The Morgan fingerprint density at radius 3 is 2.92 bits per heavy atom. The summed E-state index contributed by atoms with van der Waals surface area (Å²) in [5.41, 5.74) is 2.18. The lowest BCUT2D eigenvalue weighted by atomic mass is 10.2. The number of rotatable bonds is 4. The van der Waals surface area contributed by atoms with E-state index >= 15 is 0 Å². The predicted octanol–water partition coefficient (Wildman–Crippen LogP) is 0.586. The Hall–Kier alpha value is -3.19. The summed E-state index contributed by atoms with van der Waals surface area (Å²) in [6, 6.07) is 14.3. The van der Waals surface area contributed by atoms with Gasteiger partial charge in [0.15, 0.2) is 4.96 Å². The van der Waals surface area contributed by atoms with Crippen LogP contribution in [0.1, 0.15) is 5.56 Å². The van der Waals surface area contributed by atoms with Crippen LogP contribution in [0.5, 0.6) is 5.75 Å². The fraction of sp³-hybridized carbons (Fsp3) is 0.0556. The van der Waals surface area contributed by atoms with Crippen molar-refractivity contribution in [1.29, 1.82) is 0 Å². The van der Waals surface area contributed by atoms with Gasteiger partial charge in [-0.25, -0.2) is 9.38 Å². The SMILES string of the molecule is O=C([O-])COc1cccc(/C=c2/sc3nc4ccccc4n3c2=O)c1. The molecule has 4 aromatic rings. The van der Waals surface area contributed by atoms with Crippen molar-refractivity contribution >= 4 is 39.4 Å². The minimum Gasteiger partial charge on any atom is -0.546 e. The zero-order chi connectivity index (χ0) is 17.4. The molecular weight excluding hydrogens is 340 g/mol. The number of thiazole rings is 1. The summed E-state index contributed by atoms with van der Waals surface area (Å²) in [4.78, 5) is 28.3. The summed E-state index contributed by atoms with van der Waals surface area (Å²) in [5, 5.41) is 10.5. The number of hydrogen-bond acceptors (Lipinski definition) is 6. The van der Waals surface area contributed by atoms with Crippen LogP contribution in [0.2, 0.25) is 0 Å². The van der Waals surface area contributed by atoms with Crippen molar-refractivity contribution in [2.75, 3.05) is 6.61 Å². The molecule has 25 heavy (non-hydrogen) atoms. The van der Waals surface area contributed by atoms with E-state index < -0.39 is 12.6 Å². The van der Waals surface area contributed by atoms with Gasteiger partial charge in [-0.3, -0.25) is 4.79 Å². The molecule has 0 aliphatic carbocycles. The van der Waals surface area contributed by atoms with E-state index in [4.69, 9.17) is 4.74 Å². The molecule has 0 bridgehead atoms. The van der Waals surface area contributed by atoms with Crippen LogP contribution in [0, 0.1) is 0 Å². The van der Waals surface area contributed by atoms with E-state index in [9.17, 15) is 14.7 Å². The number of aromatic nitrogens is 2. The van der Waals surface area contributed by atoms with Gasteiger partial charge >= 0.3 is 0 Å². The Kier molecular flexibility index (Phi) is 3.70. The number of carbonyl (C=O) groups excluding carboxylic acids is 1. The summed E-state index contributed by atoms with van der Waals surface area (Å²) in [7, 11) is 0. The molecule has 2 aromatic heterocycles. The minimum absolute atomic E-state index is 0.130. The Morgan fingerprint density at radius 1 is 1.24 bits per heavy atom. The van der Waals surface area contributed by atoms with Crippen LogP contribution in [0.25, 0.3) is 22.1 Å². The summed E-state index contributed by atoms with van der Waals surface area (Å²) >= 11 is 1.31. The van der Waals surface area contributed by atoms with Crippen molar-refractivity contribution in [2.24, 2.45) is 0 Å². The molecular formula is C18H11N2O4S-. The highest BCUT2D eigenvalue weighted by molar-refractivity contribution is 7.15. The van der Waals surface area contributed by atoms with Crippen LogP contribution in [0.15, 0.2) is 53.3 Å². The molecule has 0 saturated heterocycles. The minimum atomic E-state index is -1.29. The molecule has 0 aliphatic heterocycles. The van der Waals surface area contributed by atoms with Crippen LogP contribution < -0.4 is 19.9 Å². The van der Waals surface area contributed by atoms with Crippen molar-refractivity contribution in [1.82, 2.24) is 9.38 Å². The van der Waals surface area contributed by atoms with Crippen molar-refractivity contribution < 1.29 is 14.6 Å². The molecule has 4 rings (SSSR count). The standard InChI is InChI=1S/C18H12N2O4S/c21-16(22)10-24-12-5-3-4-11(8-12)9-15-17(23)20-14-7-2-1-6-13(14)19-18(20)25-15/h1-9H,10H2,(H,21,22)/p-1/b15-9+. The third-order valence-electron chi connectivity index (χ3n) is 3.66. The van der Waals surface area contributed by atoms with Crippen LogP contribution >= 0.6 is 11.3 Å². The number of hydrogen-bond donors (Lipinski definition) is 0. The first-order valence-electron chi connectivity index (χ1n) is 7.46. The molecule has 7 heteroatoms. The highest BCUT2D eigenvalue weighted by Crippen LogP contribution is 2.17. The van der Waals surface area contributed by atoms with Crippen LogP contribution in [-0.2, 0) is 4.79 Å². The molecule has 0 atom stereocenters. The largest absolute Gasteiger partial charge is 0.546 e. The van der Waals surface area contributed by atoms with Gasteiger partial charge in [0.05, 0.1) is 21.5 Å². The number of carboxylic acids is 1. The van der Waals surface area contributed by atoms with E-state index in [0.717, 1.165) is 16.6 Å². The molecule has 2 aromatic carbocycles. The average molecular weight is 351 g/mol. The van der Waals surface area contributed by atoms with E-state index in [-0.39, 0.29) is 5.56 Å². The number of nitrogens with zero attached hydrogens (tertiary/aromatic N) is 2. The summed E-state index contributed by atoms with van der Waals surface area (Å²) in [5.74, 6) is -0.889. The maximum Gasteiger partial charge on any atom is 0.274 e. The van der Waals surface area contributed by atoms with Gasteiger partial charge in [0.25, 0.3) is 5.56 Å². The average Bonchev–Trinajstić information content (AvgIpc) is 3.10. The second-order valence-corrected chi connectivity index (χ2v) is 6.38. The lowest BCUT2D eigenvalue weighted by Gasteiger charge is -2.06. The topological polar surface area (TPSA) is 83.7 Å². The number of carboxylic acid groups (broad SMARTS) is 1. The third-order valence-corrected chi connectivity index (χ3v) is 4.63. The van der Waals surface area contributed by atoms with Crippen LogP contribution in [0.3, 0.4) is 0 Å². The normalized spacial score (nSPS) is 12.1. The summed E-state index contributed by atoms with van der Waals surface area (Å²) in [6.45, 7) is -0.519. The van der Waals surface area contributed by atoms with Gasteiger partial charge in [0, 0.05) is 0 Å². The Labute approximate surface area is 145 Å². The zero-order valence-corrected chi connectivity index (χ0v) is 13.7. The van der Waals surface area contributed by atoms with Gasteiger partial charge in [0.1, 0.15) is 12.4 Å². The smallest absolute Gasteiger partial charge is 0.274 e. The first kappa shape index (κ1) is 15.3. The Morgan fingerprint density at radius 2 is 2.08 bits per heavy atom. The number of para-hydroxylation sites is 2. The van der Waals surface area contributed by atoms with Crippen molar-refractivity contribution in [3.8, 4) is 5.75 Å². The second-order valence-electron chi connectivity index (χ2n) is 5.37. The maximum absolute atomic E-state index is 12.7. The number of benzene rings is 2. The molecule has 0 radical (unpaired) electrons. The monoisotopic (exact) mass is 351 g/mol. The van der Waals surface area contributed by atoms with Gasteiger partial charge < -0.3 is 14.6 Å². The molecule has 0 amide bonds. The molecule has 0 spiro atoms. The number of carbonyl (C=O) groups is 1. The summed E-state index contributed by atoms with van der Waals surface area (Å²) < 4.78 is 7.25. The predicted molar refractivity (Wildman–Crippen MR) is 92.6 cm³/mol. The maximum atomic E-state index is 12.7. The molecule has 2 heterocycles. The Bertz CT molecular complexity index is 1210. The lowest BCUT2D eigenvalue weighted by molar-refractivity contribution is -0.307. The summed E-state index contributed by atoms with van der Waals surface area (Å²) in [6.07, 6.45) is 1.74. The fourth-order valence-corrected chi connectivity index (χ4v) is 3.59. The van der Waals surface area contributed by atoms with E-state index in [1.54, 1.807) is 28.7 Å². The van der Waals surface area contributed by atoms with Crippen LogP contribution in [0.4, 0.5) is 0 Å². The number of aliphatic carboxylic acids is 1. The fourth-order valence-electron chi connectivity index (χ4n) is 2.60. The number of ether oxygens (including phenoxy) is 1. The Balaban J connectivity index is 1.79. The van der Waals surface area contributed by atoms with E-state index in [1.165, 1.54) is 11.3 Å². The van der Waals surface area contributed by atoms with Crippen molar-refractivity contribution in [3.05, 3.63) is 69.0 Å². The molecule has 0 unspecified atom stereocenters. The molecule has 0 fully saturated rings. The van der Waals surface area contributed by atoms with E-state index in [0.29, 0.717) is 15.2 Å². The van der Waals surface area contributed by atoms with Crippen molar-refractivity contribution in [3.63, 3.8) is 0 Å². The highest BCUT2D eigenvalue weighted by atomic mass is 32.1. The first-order valence-corrected chi connectivity index (χ1v) is 8.28. The van der Waals surface area contributed by atoms with Gasteiger partial charge in [-0.2, -0.15) is 0 Å². The van der Waals surface area contributed by atoms with E-state index in [2.05, 4.69) is 4.98 Å². The lowest BCUT2D eigenvalue weighted by Crippen LogP contribution is -2.28. The first-order chi connectivity index (χ1) is 12.1. The van der Waals surface area contributed by atoms with Gasteiger partial charge in [-0.1, -0.05) is 35.6 Å². The molecule has 0 N–H and O–H groups in total. The molecule has 0 saturated carbocycles.